The van der Waals surface area contributed by atoms with Gasteiger partial charge in [0, 0.05) is 0 Å². The van der Waals surface area contributed by atoms with Crippen molar-refractivity contribution in [1.82, 2.24) is 5.32 Å². The molecule has 0 aliphatic heterocycles. The molecule has 1 rings (SSSR count). The van der Waals surface area contributed by atoms with Crippen LogP contribution >= 0.6 is 0 Å². The van der Waals surface area contributed by atoms with Gasteiger partial charge in [0.15, 0.2) is 6.61 Å². The van der Waals surface area contributed by atoms with Gasteiger partial charge in [0.2, 0.25) is 0 Å². The molecule has 0 aliphatic rings. The van der Waals surface area contributed by atoms with Crippen molar-refractivity contribution in [2.24, 2.45) is 0 Å². The van der Waals surface area contributed by atoms with Crippen molar-refractivity contribution in [2.75, 3.05) is 13.2 Å². The highest BCUT2D eigenvalue weighted by atomic mass is 16.5. The molecule has 0 saturated carbocycles. The summed E-state index contributed by atoms with van der Waals surface area (Å²) < 4.78 is 5.09. The van der Waals surface area contributed by atoms with Crippen LogP contribution in [0, 0.1) is 11.3 Å². The number of hydrogen-bond acceptors (Lipinski definition) is 4. The molecule has 1 aromatic carbocycles. The number of nitrogens with one attached hydrogen (secondary N) is 1. The van der Waals surface area contributed by atoms with Crippen LogP contribution in [0.15, 0.2) is 24.3 Å². The van der Waals surface area contributed by atoms with Crippen molar-refractivity contribution in [1.29, 1.82) is 5.26 Å². The maximum atomic E-state index is 11.0. The molecular weight excluding hydrogens is 196 g/mol. The highest BCUT2D eigenvalue weighted by Crippen LogP contribution is 2.15. The molecule has 0 spiro atoms. The molecule has 5 heteroatoms. The number of nitriles is 1. The van der Waals surface area contributed by atoms with Gasteiger partial charge in [-0.05, 0) is 24.3 Å². The minimum atomic E-state index is -0.357. The van der Waals surface area contributed by atoms with Gasteiger partial charge >= 0.3 is 0 Å². The highest BCUT2D eigenvalue weighted by molar-refractivity contribution is 5.77. The first-order valence-electron chi connectivity index (χ1n) is 4.28. The third-order valence-electron chi connectivity index (χ3n) is 1.57. The van der Waals surface area contributed by atoms with Crippen LogP contribution in [0.2, 0.25) is 0 Å². The topological polar surface area (TPSA) is 82.4 Å². The molecule has 1 amide bonds. The van der Waals surface area contributed by atoms with E-state index in [2.05, 4.69) is 5.32 Å². The van der Waals surface area contributed by atoms with Crippen molar-refractivity contribution < 1.29 is 14.6 Å². The van der Waals surface area contributed by atoms with E-state index >= 15 is 0 Å². The lowest BCUT2D eigenvalue weighted by Gasteiger charge is -2.05. The Balaban J connectivity index is 2.34. The van der Waals surface area contributed by atoms with Crippen molar-refractivity contribution >= 4 is 5.91 Å². The maximum absolute atomic E-state index is 11.0. The number of benzene rings is 1. The molecule has 0 fully saturated rings. The van der Waals surface area contributed by atoms with E-state index in [4.69, 9.17) is 15.1 Å². The second kappa shape index (κ2) is 5.50. The number of carbonyl (C=O) groups excluding carboxylic acids is 1. The van der Waals surface area contributed by atoms with Crippen LogP contribution in [-0.2, 0) is 4.79 Å². The number of nitrogens with zero attached hydrogens (tertiary/aromatic N) is 1. The van der Waals surface area contributed by atoms with Gasteiger partial charge in [-0.2, -0.15) is 5.26 Å². The molecule has 0 heterocycles. The van der Waals surface area contributed by atoms with Gasteiger partial charge in [-0.25, -0.2) is 0 Å². The largest absolute Gasteiger partial charge is 0.508 e. The van der Waals surface area contributed by atoms with E-state index in [1.54, 1.807) is 18.2 Å². The molecule has 1 aromatic rings. The summed E-state index contributed by atoms with van der Waals surface area (Å²) in [5, 5.41) is 19.5. The minimum Gasteiger partial charge on any atom is -0.508 e. The summed E-state index contributed by atoms with van der Waals surface area (Å²) >= 11 is 0. The second-order valence-electron chi connectivity index (χ2n) is 2.72. The zero-order valence-corrected chi connectivity index (χ0v) is 7.93. The molecule has 0 unspecified atom stereocenters. The molecule has 0 atom stereocenters. The Hall–Kier alpha value is -2.22. The van der Waals surface area contributed by atoms with Gasteiger partial charge < -0.3 is 15.2 Å². The van der Waals surface area contributed by atoms with E-state index in [1.807, 2.05) is 0 Å². The monoisotopic (exact) mass is 206 g/mol. The number of carbonyl (C=O) groups is 1. The molecular formula is C10H10N2O3. The summed E-state index contributed by atoms with van der Waals surface area (Å²) in [6.07, 6.45) is 0. The number of hydrogen-bond donors (Lipinski definition) is 2. The fraction of sp³-hybridized carbons (Fsp3) is 0.200. The van der Waals surface area contributed by atoms with Gasteiger partial charge in [0.05, 0.1) is 6.07 Å². The summed E-state index contributed by atoms with van der Waals surface area (Å²) in [6.45, 7) is -0.176. The van der Waals surface area contributed by atoms with Gasteiger partial charge in [-0.1, -0.05) is 0 Å². The lowest BCUT2D eigenvalue weighted by atomic mass is 10.3. The first-order chi connectivity index (χ1) is 7.22. The lowest BCUT2D eigenvalue weighted by Crippen LogP contribution is -2.28. The highest BCUT2D eigenvalue weighted by Gasteiger charge is 2.01. The normalized spacial score (nSPS) is 9.00. The molecule has 0 aliphatic carbocycles. The van der Waals surface area contributed by atoms with E-state index in [0.717, 1.165) is 0 Å². The lowest BCUT2D eigenvalue weighted by molar-refractivity contribution is -0.122. The number of phenolic OH excluding ortho intramolecular Hbond substituents is 1. The molecule has 0 bridgehead atoms. The molecule has 15 heavy (non-hydrogen) atoms. The Kier molecular flexibility index (Phi) is 3.98. The molecule has 0 saturated heterocycles. The number of aromatic hydroxyl groups is 1. The zero-order valence-electron chi connectivity index (χ0n) is 7.93. The van der Waals surface area contributed by atoms with Gasteiger partial charge in [-0.3, -0.25) is 4.79 Å². The third kappa shape index (κ3) is 4.00. The van der Waals surface area contributed by atoms with Crippen LogP contribution in [0.25, 0.3) is 0 Å². The Morgan fingerprint density at radius 2 is 2.13 bits per heavy atom. The zero-order chi connectivity index (χ0) is 11.1. The summed E-state index contributed by atoms with van der Waals surface area (Å²) in [7, 11) is 0. The van der Waals surface area contributed by atoms with Crippen molar-refractivity contribution in [2.45, 2.75) is 0 Å². The van der Waals surface area contributed by atoms with Crippen LogP contribution in [0.4, 0.5) is 0 Å². The van der Waals surface area contributed by atoms with Crippen LogP contribution in [0.1, 0.15) is 0 Å². The SMILES string of the molecule is N#CCNC(=O)COc1ccc(O)cc1. The van der Waals surface area contributed by atoms with Crippen LogP contribution in [0.3, 0.4) is 0 Å². The van der Waals surface area contributed by atoms with Crippen LogP contribution < -0.4 is 10.1 Å². The van der Waals surface area contributed by atoms with Crippen LogP contribution in [0.5, 0.6) is 11.5 Å². The number of amides is 1. The maximum Gasteiger partial charge on any atom is 0.258 e. The first-order valence-corrected chi connectivity index (χ1v) is 4.28. The van der Waals surface area contributed by atoms with E-state index < -0.39 is 0 Å². The van der Waals surface area contributed by atoms with Gasteiger partial charge in [0.1, 0.15) is 18.0 Å². The smallest absolute Gasteiger partial charge is 0.258 e. The average Bonchev–Trinajstić information content (AvgIpc) is 2.25. The van der Waals surface area contributed by atoms with E-state index in [-0.39, 0.29) is 24.8 Å². The summed E-state index contributed by atoms with van der Waals surface area (Å²) in [6, 6.07) is 7.80. The predicted molar refractivity (Wildman–Crippen MR) is 52.2 cm³/mol. The number of rotatable bonds is 4. The molecule has 5 nitrogen and oxygen atoms in total. The summed E-state index contributed by atoms with van der Waals surface area (Å²) in [5.74, 6) is 0.265. The number of ether oxygens (including phenoxy) is 1. The number of phenols is 1. The summed E-state index contributed by atoms with van der Waals surface area (Å²) in [4.78, 5) is 11.0. The molecule has 2 N–H and O–H groups in total. The fourth-order valence-corrected chi connectivity index (χ4v) is 0.880. The quantitative estimate of drug-likeness (QED) is 0.699. The Bertz CT molecular complexity index is 367. The summed E-state index contributed by atoms with van der Waals surface area (Å²) in [5.41, 5.74) is 0. The first kappa shape index (κ1) is 10.9. The Morgan fingerprint density at radius 3 is 2.73 bits per heavy atom. The fourth-order valence-electron chi connectivity index (χ4n) is 0.880. The van der Waals surface area contributed by atoms with Crippen molar-refractivity contribution in [3.05, 3.63) is 24.3 Å². The Labute approximate surface area is 86.9 Å². The third-order valence-corrected chi connectivity index (χ3v) is 1.57. The molecule has 0 radical (unpaired) electrons. The Morgan fingerprint density at radius 1 is 1.47 bits per heavy atom. The van der Waals surface area contributed by atoms with E-state index in [0.29, 0.717) is 5.75 Å². The van der Waals surface area contributed by atoms with E-state index in [9.17, 15) is 4.79 Å². The standard InChI is InChI=1S/C10H10N2O3/c11-5-6-12-10(14)7-15-9-3-1-8(13)2-4-9/h1-4,13H,6-7H2,(H,12,14). The van der Waals surface area contributed by atoms with Gasteiger partial charge in [0.25, 0.3) is 5.91 Å². The van der Waals surface area contributed by atoms with Gasteiger partial charge in [-0.15, -0.1) is 0 Å². The van der Waals surface area contributed by atoms with Crippen molar-refractivity contribution in [3.8, 4) is 17.6 Å². The average molecular weight is 206 g/mol. The van der Waals surface area contributed by atoms with Crippen LogP contribution in [-0.4, -0.2) is 24.2 Å². The predicted octanol–water partition coefficient (Wildman–Crippen LogP) is 0.411. The molecule has 78 valence electrons. The van der Waals surface area contributed by atoms with Crippen molar-refractivity contribution in [3.63, 3.8) is 0 Å². The minimum absolute atomic E-state index is 0.0300. The second-order valence-corrected chi connectivity index (χ2v) is 2.72. The van der Waals surface area contributed by atoms with E-state index in [1.165, 1.54) is 12.1 Å². The molecule has 0 aromatic heterocycles.